The number of thiophene rings is 1. The Morgan fingerprint density at radius 2 is 2.47 bits per heavy atom. The van der Waals surface area contributed by atoms with Gasteiger partial charge in [0.2, 0.25) is 0 Å². The van der Waals surface area contributed by atoms with Gasteiger partial charge < -0.3 is 10.3 Å². The summed E-state index contributed by atoms with van der Waals surface area (Å²) in [6.45, 7) is 3.21. The Kier molecular flexibility index (Phi) is 1.94. The van der Waals surface area contributed by atoms with E-state index in [0.29, 0.717) is 0 Å². The Morgan fingerprint density at radius 3 is 3.27 bits per heavy atom. The maximum Gasteiger partial charge on any atom is 0.0946 e. The Labute approximate surface area is 92.6 Å². The lowest BCUT2D eigenvalue weighted by atomic mass is 9.90. The van der Waals surface area contributed by atoms with E-state index >= 15 is 0 Å². The Hall–Kier alpha value is -1.13. The molecule has 0 saturated heterocycles. The zero-order chi connectivity index (χ0) is 10.3. The Bertz CT molecular complexity index is 460. The van der Waals surface area contributed by atoms with Gasteiger partial charge in [-0.15, -0.1) is 11.3 Å². The van der Waals surface area contributed by atoms with Crippen LogP contribution in [0.25, 0.3) is 0 Å². The maximum atomic E-state index is 4.45. The molecular weight excluding hydrogens is 206 g/mol. The fourth-order valence-electron chi connectivity index (χ4n) is 2.23. The van der Waals surface area contributed by atoms with Gasteiger partial charge in [0.25, 0.3) is 0 Å². The van der Waals surface area contributed by atoms with Crippen molar-refractivity contribution in [3.05, 3.63) is 40.1 Å². The van der Waals surface area contributed by atoms with Gasteiger partial charge in [-0.2, -0.15) is 0 Å². The van der Waals surface area contributed by atoms with Crippen LogP contribution in [0.4, 0.5) is 0 Å². The number of nitrogens with zero attached hydrogens (tertiary/aromatic N) is 1. The van der Waals surface area contributed by atoms with Crippen LogP contribution >= 0.6 is 11.3 Å². The first-order valence-electron chi connectivity index (χ1n) is 5.12. The summed E-state index contributed by atoms with van der Waals surface area (Å²) >= 11 is 1.78. The van der Waals surface area contributed by atoms with Crippen LogP contribution in [0.5, 0.6) is 0 Å². The first-order valence-corrected chi connectivity index (χ1v) is 6.00. The molecule has 4 heteroatoms. The molecule has 15 heavy (non-hydrogen) atoms. The van der Waals surface area contributed by atoms with Crippen molar-refractivity contribution in [2.45, 2.75) is 18.9 Å². The Morgan fingerprint density at radius 1 is 1.53 bits per heavy atom. The summed E-state index contributed by atoms with van der Waals surface area (Å²) in [6, 6.07) is 4.26. The molecule has 0 fully saturated rings. The lowest BCUT2D eigenvalue weighted by Crippen LogP contribution is -2.45. The van der Waals surface area contributed by atoms with Gasteiger partial charge in [0.15, 0.2) is 0 Å². The quantitative estimate of drug-likeness (QED) is 0.769. The molecule has 78 valence electrons. The van der Waals surface area contributed by atoms with E-state index in [1.165, 1.54) is 10.6 Å². The van der Waals surface area contributed by atoms with Crippen LogP contribution in [0.1, 0.15) is 23.2 Å². The van der Waals surface area contributed by atoms with Crippen LogP contribution in [0.2, 0.25) is 0 Å². The van der Waals surface area contributed by atoms with Gasteiger partial charge in [0.05, 0.1) is 17.6 Å². The van der Waals surface area contributed by atoms with Crippen LogP contribution in [0.15, 0.2) is 23.8 Å². The monoisotopic (exact) mass is 219 g/mol. The van der Waals surface area contributed by atoms with E-state index in [9.17, 15) is 0 Å². The van der Waals surface area contributed by atoms with E-state index in [0.717, 1.165) is 18.7 Å². The molecule has 2 aromatic rings. The van der Waals surface area contributed by atoms with Crippen molar-refractivity contribution in [3.8, 4) is 0 Å². The Balaban J connectivity index is 2.15. The van der Waals surface area contributed by atoms with Crippen molar-refractivity contribution >= 4 is 11.3 Å². The SMILES string of the molecule is CC1(c2cccs2)NCCc2[nH]cnc21. The molecule has 0 bridgehead atoms. The van der Waals surface area contributed by atoms with E-state index < -0.39 is 0 Å². The predicted octanol–water partition coefficient (Wildman–Crippen LogP) is 1.88. The van der Waals surface area contributed by atoms with E-state index in [2.05, 4.69) is 39.7 Å². The second kappa shape index (κ2) is 3.18. The zero-order valence-electron chi connectivity index (χ0n) is 8.58. The first kappa shape index (κ1) is 9.12. The molecule has 0 spiro atoms. The molecule has 0 radical (unpaired) electrons. The number of aromatic amines is 1. The highest BCUT2D eigenvalue weighted by atomic mass is 32.1. The molecule has 1 aliphatic heterocycles. The van der Waals surface area contributed by atoms with Crippen LogP contribution in [0, 0.1) is 0 Å². The molecule has 0 amide bonds. The van der Waals surface area contributed by atoms with Crippen molar-refractivity contribution in [2.24, 2.45) is 0 Å². The minimum Gasteiger partial charge on any atom is -0.348 e. The summed E-state index contributed by atoms with van der Waals surface area (Å²) < 4.78 is 0. The van der Waals surface area contributed by atoms with Crippen molar-refractivity contribution in [1.29, 1.82) is 0 Å². The van der Waals surface area contributed by atoms with Crippen LogP contribution < -0.4 is 5.32 Å². The molecule has 3 nitrogen and oxygen atoms in total. The van der Waals surface area contributed by atoms with Crippen LogP contribution in [0.3, 0.4) is 0 Å². The summed E-state index contributed by atoms with van der Waals surface area (Å²) in [7, 11) is 0. The van der Waals surface area contributed by atoms with E-state index in [1.807, 2.05) is 0 Å². The third-order valence-corrected chi connectivity index (χ3v) is 4.15. The number of hydrogen-bond donors (Lipinski definition) is 2. The predicted molar refractivity (Wildman–Crippen MR) is 61.1 cm³/mol. The number of rotatable bonds is 1. The highest BCUT2D eigenvalue weighted by Gasteiger charge is 2.36. The standard InChI is InChI=1S/C11H13N3S/c1-11(9-3-2-6-15-9)10-8(4-5-14-11)12-7-13-10/h2-3,6-7,14H,4-5H2,1H3,(H,12,13). The minimum atomic E-state index is -0.109. The number of imidazole rings is 1. The molecule has 3 heterocycles. The van der Waals surface area contributed by atoms with Crippen LogP contribution in [-0.2, 0) is 12.0 Å². The van der Waals surface area contributed by atoms with Gasteiger partial charge in [-0.1, -0.05) is 6.07 Å². The van der Waals surface area contributed by atoms with Crippen molar-refractivity contribution in [2.75, 3.05) is 6.54 Å². The number of hydrogen-bond acceptors (Lipinski definition) is 3. The van der Waals surface area contributed by atoms with E-state index in [4.69, 9.17) is 0 Å². The van der Waals surface area contributed by atoms with E-state index in [1.54, 1.807) is 17.7 Å². The van der Waals surface area contributed by atoms with Gasteiger partial charge in [-0.3, -0.25) is 0 Å². The summed E-state index contributed by atoms with van der Waals surface area (Å²) in [5.41, 5.74) is 2.31. The first-order chi connectivity index (χ1) is 7.31. The summed E-state index contributed by atoms with van der Waals surface area (Å²) in [5.74, 6) is 0. The maximum absolute atomic E-state index is 4.45. The summed E-state index contributed by atoms with van der Waals surface area (Å²) in [4.78, 5) is 9.01. The lowest BCUT2D eigenvalue weighted by Gasteiger charge is -2.33. The smallest absolute Gasteiger partial charge is 0.0946 e. The topological polar surface area (TPSA) is 40.7 Å². The highest BCUT2D eigenvalue weighted by molar-refractivity contribution is 7.10. The molecule has 3 rings (SSSR count). The molecule has 0 saturated carbocycles. The largest absolute Gasteiger partial charge is 0.348 e. The fourth-order valence-corrected chi connectivity index (χ4v) is 3.10. The second-order valence-electron chi connectivity index (χ2n) is 4.01. The molecule has 1 aliphatic rings. The van der Waals surface area contributed by atoms with Gasteiger partial charge >= 0.3 is 0 Å². The highest BCUT2D eigenvalue weighted by Crippen LogP contribution is 2.34. The molecule has 2 aromatic heterocycles. The number of H-pyrrole nitrogens is 1. The molecular formula is C11H13N3S. The summed E-state index contributed by atoms with van der Waals surface area (Å²) in [5, 5.41) is 5.68. The van der Waals surface area contributed by atoms with Gasteiger partial charge in [0, 0.05) is 23.5 Å². The fraction of sp³-hybridized carbons (Fsp3) is 0.364. The number of fused-ring (bicyclic) bond motifs is 1. The van der Waals surface area contributed by atoms with Crippen molar-refractivity contribution < 1.29 is 0 Å². The number of nitrogens with one attached hydrogen (secondary N) is 2. The molecule has 0 aromatic carbocycles. The molecule has 1 atom stereocenters. The second-order valence-corrected chi connectivity index (χ2v) is 4.96. The normalized spacial score (nSPS) is 25.1. The third kappa shape index (κ3) is 1.25. The van der Waals surface area contributed by atoms with Gasteiger partial charge in [0.1, 0.15) is 0 Å². The van der Waals surface area contributed by atoms with Crippen molar-refractivity contribution in [3.63, 3.8) is 0 Å². The lowest BCUT2D eigenvalue weighted by molar-refractivity contribution is 0.410. The molecule has 1 unspecified atom stereocenters. The average molecular weight is 219 g/mol. The zero-order valence-corrected chi connectivity index (χ0v) is 9.40. The summed E-state index contributed by atoms with van der Waals surface area (Å²) in [6.07, 6.45) is 2.83. The van der Waals surface area contributed by atoms with Gasteiger partial charge in [-0.25, -0.2) is 4.98 Å². The average Bonchev–Trinajstić information content (AvgIpc) is 2.89. The molecule has 0 aliphatic carbocycles. The number of aromatic nitrogens is 2. The third-order valence-electron chi connectivity index (χ3n) is 3.06. The minimum absolute atomic E-state index is 0.109. The van der Waals surface area contributed by atoms with Crippen molar-refractivity contribution in [1.82, 2.24) is 15.3 Å². The van der Waals surface area contributed by atoms with Gasteiger partial charge in [-0.05, 0) is 18.4 Å². The molecule has 2 N–H and O–H groups in total. The van der Waals surface area contributed by atoms with Crippen LogP contribution in [-0.4, -0.2) is 16.5 Å². The van der Waals surface area contributed by atoms with E-state index in [-0.39, 0.29) is 5.54 Å².